The van der Waals surface area contributed by atoms with Gasteiger partial charge < -0.3 is 15.4 Å². The van der Waals surface area contributed by atoms with E-state index in [0.29, 0.717) is 24.5 Å². The van der Waals surface area contributed by atoms with Crippen LogP contribution in [0, 0.1) is 5.82 Å². The Kier molecular flexibility index (Phi) is 3.97. The lowest BCUT2D eigenvalue weighted by Crippen LogP contribution is -2.33. The highest BCUT2D eigenvalue weighted by molar-refractivity contribution is 6.00. The molecule has 0 fully saturated rings. The summed E-state index contributed by atoms with van der Waals surface area (Å²) in [7, 11) is 0. The summed E-state index contributed by atoms with van der Waals surface area (Å²) in [6, 6.07) is 11.2. The van der Waals surface area contributed by atoms with Crippen LogP contribution in [0.3, 0.4) is 0 Å². The molecule has 0 saturated carbocycles. The van der Waals surface area contributed by atoms with Gasteiger partial charge in [-0.15, -0.1) is 0 Å². The van der Waals surface area contributed by atoms with Crippen molar-refractivity contribution in [3.63, 3.8) is 0 Å². The average molecular weight is 314 g/mol. The van der Waals surface area contributed by atoms with Crippen molar-refractivity contribution in [2.75, 3.05) is 6.54 Å². The summed E-state index contributed by atoms with van der Waals surface area (Å²) in [6.45, 7) is 0.544. The first-order valence-electron chi connectivity index (χ1n) is 7.10. The monoisotopic (exact) mass is 314 g/mol. The van der Waals surface area contributed by atoms with Crippen molar-refractivity contribution in [2.24, 2.45) is 5.73 Å². The average Bonchev–Trinajstić information content (AvgIpc) is 2.82. The fourth-order valence-electron chi connectivity index (χ4n) is 2.51. The lowest BCUT2D eigenvalue weighted by atomic mass is 10.1. The van der Waals surface area contributed by atoms with Gasteiger partial charge in [0.2, 0.25) is 5.91 Å². The first-order chi connectivity index (χ1) is 11.0. The molecule has 0 spiro atoms. The molecule has 0 bridgehead atoms. The molecule has 5 nitrogen and oxygen atoms in total. The summed E-state index contributed by atoms with van der Waals surface area (Å²) in [5.74, 6) is -0.427. The molecular formula is C17H15FN2O3. The molecule has 0 unspecified atom stereocenters. The van der Waals surface area contributed by atoms with Crippen LogP contribution in [0.4, 0.5) is 4.39 Å². The van der Waals surface area contributed by atoms with Crippen molar-refractivity contribution in [2.45, 2.75) is 13.2 Å². The molecule has 1 aliphatic heterocycles. The van der Waals surface area contributed by atoms with E-state index in [2.05, 4.69) is 0 Å². The summed E-state index contributed by atoms with van der Waals surface area (Å²) < 4.78 is 18.5. The van der Waals surface area contributed by atoms with E-state index in [4.69, 9.17) is 10.5 Å². The number of hydrogen-bond acceptors (Lipinski definition) is 3. The number of hydrogen-bond donors (Lipinski definition) is 1. The molecule has 118 valence electrons. The van der Waals surface area contributed by atoms with E-state index >= 15 is 0 Å². The van der Waals surface area contributed by atoms with Gasteiger partial charge in [0.05, 0.1) is 6.54 Å². The third kappa shape index (κ3) is 3.31. The fraction of sp³-hybridized carbons (Fsp3) is 0.176. The Balaban J connectivity index is 1.69. The maximum Gasteiger partial charge on any atom is 0.254 e. The summed E-state index contributed by atoms with van der Waals surface area (Å²) >= 11 is 0. The van der Waals surface area contributed by atoms with E-state index < -0.39 is 5.91 Å². The lowest BCUT2D eigenvalue weighted by Gasteiger charge is -2.12. The SMILES string of the molecule is NC(=O)CN1Cc2cc(OCc3ccc(F)cc3)ccc2C1=O. The van der Waals surface area contributed by atoms with Crippen LogP contribution in [0.1, 0.15) is 21.5 Å². The Morgan fingerprint density at radius 2 is 1.96 bits per heavy atom. The maximum atomic E-state index is 12.9. The van der Waals surface area contributed by atoms with Gasteiger partial charge in [-0.1, -0.05) is 12.1 Å². The topological polar surface area (TPSA) is 72.6 Å². The second-order valence-corrected chi connectivity index (χ2v) is 5.36. The largest absolute Gasteiger partial charge is 0.489 e. The minimum Gasteiger partial charge on any atom is -0.489 e. The Labute approximate surface area is 132 Å². The number of primary amides is 1. The minimum atomic E-state index is -0.543. The number of nitrogens with two attached hydrogens (primary N) is 1. The van der Waals surface area contributed by atoms with Gasteiger partial charge in [-0.25, -0.2) is 4.39 Å². The maximum absolute atomic E-state index is 12.9. The highest BCUT2D eigenvalue weighted by Crippen LogP contribution is 2.27. The summed E-state index contributed by atoms with van der Waals surface area (Å²) in [5, 5.41) is 0. The molecule has 0 atom stereocenters. The number of benzene rings is 2. The van der Waals surface area contributed by atoms with Crippen LogP contribution in [0.2, 0.25) is 0 Å². The van der Waals surface area contributed by atoms with E-state index in [0.717, 1.165) is 11.1 Å². The number of carbonyl (C=O) groups excluding carboxylic acids is 2. The molecule has 6 heteroatoms. The molecule has 1 heterocycles. The first-order valence-corrected chi connectivity index (χ1v) is 7.10. The number of carbonyl (C=O) groups is 2. The molecule has 2 aromatic carbocycles. The summed E-state index contributed by atoms with van der Waals surface area (Å²) in [6.07, 6.45) is 0. The van der Waals surface area contributed by atoms with Gasteiger partial charge in [0.1, 0.15) is 18.2 Å². The van der Waals surface area contributed by atoms with Gasteiger partial charge in [-0.3, -0.25) is 9.59 Å². The van der Waals surface area contributed by atoms with Crippen LogP contribution in [0.25, 0.3) is 0 Å². The Hall–Kier alpha value is -2.89. The normalized spacial score (nSPS) is 13.1. The van der Waals surface area contributed by atoms with Gasteiger partial charge >= 0.3 is 0 Å². The molecule has 23 heavy (non-hydrogen) atoms. The predicted molar refractivity (Wildman–Crippen MR) is 81.1 cm³/mol. The molecule has 0 aliphatic carbocycles. The molecule has 0 aromatic heterocycles. The van der Waals surface area contributed by atoms with E-state index in [-0.39, 0.29) is 18.3 Å². The summed E-state index contributed by atoms with van der Waals surface area (Å²) in [5.41, 5.74) is 7.34. The molecule has 2 amide bonds. The Bertz CT molecular complexity index is 759. The van der Waals surface area contributed by atoms with E-state index in [9.17, 15) is 14.0 Å². The van der Waals surface area contributed by atoms with Crippen molar-refractivity contribution in [3.05, 3.63) is 65.0 Å². The predicted octanol–water partition coefficient (Wildman–Crippen LogP) is 1.85. The second-order valence-electron chi connectivity index (χ2n) is 5.36. The standard InChI is InChI=1S/C17H15FN2O3/c18-13-3-1-11(2-4-13)10-23-14-5-6-15-12(7-14)8-20(17(15)22)9-16(19)21/h1-7H,8-10H2,(H2,19,21). The van der Waals surface area contributed by atoms with Crippen LogP contribution in [0.15, 0.2) is 42.5 Å². The van der Waals surface area contributed by atoms with Gasteiger partial charge in [-0.05, 0) is 41.5 Å². The zero-order valence-electron chi connectivity index (χ0n) is 12.3. The summed E-state index contributed by atoms with van der Waals surface area (Å²) in [4.78, 5) is 24.5. The quantitative estimate of drug-likeness (QED) is 0.915. The molecule has 2 aromatic rings. The number of amides is 2. The lowest BCUT2D eigenvalue weighted by molar-refractivity contribution is -0.118. The van der Waals surface area contributed by atoms with Crippen molar-refractivity contribution in [1.29, 1.82) is 0 Å². The number of rotatable bonds is 5. The Morgan fingerprint density at radius 3 is 2.65 bits per heavy atom. The van der Waals surface area contributed by atoms with Gasteiger partial charge in [0.25, 0.3) is 5.91 Å². The third-order valence-corrected chi connectivity index (χ3v) is 3.62. The molecular weight excluding hydrogens is 299 g/mol. The van der Waals surface area contributed by atoms with Gasteiger partial charge in [0, 0.05) is 12.1 Å². The van der Waals surface area contributed by atoms with Crippen molar-refractivity contribution in [3.8, 4) is 5.75 Å². The van der Waals surface area contributed by atoms with Crippen LogP contribution in [0.5, 0.6) is 5.75 Å². The third-order valence-electron chi connectivity index (χ3n) is 3.62. The van der Waals surface area contributed by atoms with E-state index in [1.165, 1.54) is 17.0 Å². The molecule has 0 radical (unpaired) electrons. The van der Waals surface area contributed by atoms with Crippen molar-refractivity contribution < 1.29 is 18.7 Å². The van der Waals surface area contributed by atoms with E-state index in [1.54, 1.807) is 30.3 Å². The van der Waals surface area contributed by atoms with Crippen LogP contribution >= 0.6 is 0 Å². The molecule has 0 saturated heterocycles. The zero-order valence-corrected chi connectivity index (χ0v) is 12.3. The smallest absolute Gasteiger partial charge is 0.254 e. The number of nitrogens with zero attached hydrogens (tertiary/aromatic N) is 1. The number of fused-ring (bicyclic) bond motifs is 1. The second kappa shape index (κ2) is 6.08. The fourth-order valence-corrected chi connectivity index (χ4v) is 2.51. The highest BCUT2D eigenvalue weighted by Gasteiger charge is 2.28. The minimum absolute atomic E-state index is 0.0979. The van der Waals surface area contributed by atoms with Crippen LogP contribution < -0.4 is 10.5 Å². The van der Waals surface area contributed by atoms with Crippen LogP contribution in [-0.2, 0) is 17.9 Å². The zero-order chi connectivity index (χ0) is 16.4. The van der Waals surface area contributed by atoms with Crippen molar-refractivity contribution in [1.82, 2.24) is 4.90 Å². The van der Waals surface area contributed by atoms with E-state index in [1.807, 2.05) is 0 Å². The number of halogens is 1. The first kappa shape index (κ1) is 15.0. The number of ether oxygens (including phenoxy) is 1. The van der Waals surface area contributed by atoms with Gasteiger partial charge in [-0.2, -0.15) is 0 Å². The highest BCUT2D eigenvalue weighted by atomic mass is 19.1. The molecule has 1 aliphatic rings. The molecule has 2 N–H and O–H groups in total. The Morgan fingerprint density at radius 1 is 1.22 bits per heavy atom. The molecule has 3 rings (SSSR count). The van der Waals surface area contributed by atoms with Crippen LogP contribution in [-0.4, -0.2) is 23.3 Å². The van der Waals surface area contributed by atoms with Gasteiger partial charge in [0.15, 0.2) is 0 Å². The van der Waals surface area contributed by atoms with Crippen molar-refractivity contribution >= 4 is 11.8 Å².